The molecule has 1 aromatic heterocycles. The first-order valence-corrected chi connectivity index (χ1v) is 5.90. The van der Waals surface area contributed by atoms with Gasteiger partial charge < -0.3 is 4.74 Å². The highest BCUT2D eigenvalue weighted by Crippen LogP contribution is 2.29. The van der Waals surface area contributed by atoms with Crippen LogP contribution < -0.4 is 4.74 Å². The largest absolute Gasteiger partial charge is 0.473 e. The van der Waals surface area contributed by atoms with Gasteiger partial charge in [0.15, 0.2) is 0 Å². The van der Waals surface area contributed by atoms with Crippen LogP contribution in [0, 0.1) is 22.5 Å². The molecule has 1 rings (SSSR count). The van der Waals surface area contributed by atoms with E-state index in [9.17, 15) is 10.1 Å². The van der Waals surface area contributed by atoms with E-state index >= 15 is 0 Å². The van der Waals surface area contributed by atoms with E-state index in [1.807, 2.05) is 0 Å². The Morgan fingerprint density at radius 2 is 2.00 bits per heavy atom. The number of aromatic nitrogens is 2. The molecule has 1 aromatic rings. The zero-order chi connectivity index (χ0) is 13.9. The number of aryl methyl sites for hydroxylation is 1. The van der Waals surface area contributed by atoms with Crippen LogP contribution in [-0.4, -0.2) is 21.5 Å². The number of halogens is 1. The fourth-order valence-electron chi connectivity index (χ4n) is 1.27. The molecule has 7 heteroatoms. The van der Waals surface area contributed by atoms with Crippen LogP contribution in [-0.2, 0) is 0 Å². The Kier molecular flexibility index (Phi) is 4.45. The first kappa shape index (κ1) is 14.6. The quantitative estimate of drug-likeness (QED) is 0.478. The van der Waals surface area contributed by atoms with E-state index in [2.05, 4.69) is 30.7 Å². The molecule has 1 heterocycles. The summed E-state index contributed by atoms with van der Waals surface area (Å²) in [4.78, 5) is 17.9. The third-order valence-electron chi connectivity index (χ3n) is 2.27. The molecule has 0 amide bonds. The van der Waals surface area contributed by atoms with Gasteiger partial charge in [-0.25, -0.2) is 4.98 Å². The van der Waals surface area contributed by atoms with Gasteiger partial charge in [0, 0.05) is 0 Å². The summed E-state index contributed by atoms with van der Waals surface area (Å²) in [5, 5.41) is 10.9. The van der Waals surface area contributed by atoms with Gasteiger partial charge in [-0.3, -0.25) is 10.1 Å². The standard InChI is InChI=1S/C11H16ClN3O3/c1-7-8(15(16)17)9(14-10(12)13-7)18-6-5-11(2,3)4/h5-6H2,1-4H3. The van der Waals surface area contributed by atoms with Crippen molar-refractivity contribution in [2.45, 2.75) is 34.1 Å². The van der Waals surface area contributed by atoms with Crippen LogP contribution in [0.1, 0.15) is 32.9 Å². The van der Waals surface area contributed by atoms with Crippen LogP contribution in [0.15, 0.2) is 0 Å². The molecule has 0 saturated heterocycles. The Morgan fingerprint density at radius 1 is 1.39 bits per heavy atom. The fourth-order valence-corrected chi connectivity index (χ4v) is 1.48. The number of nitrogens with zero attached hydrogens (tertiary/aromatic N) is 3. The fraction of sp³-hybridized carbons (Fsp3) is 0.636. The van der Waals surface area contributed by atoms with Crippen molar-refractivity contribution in [2.75, 3.05) is 6.61 Å². The van der Waals surface area contributed by atoms with Gasteiger partial charge in [0.1, 0.15) is 5.69 Å². The van der Waals surface area contributed by atoms with Crippen molar-refractivity contribution in [1.29, 1.82) is 0 Å². The highest BCUT2D eigenvalue weighted by molar-refractivity contribution is 6.28. The average Bonchev–Trinajstić information content (AvgIpc) is 2.13. The van der Waals surface area contributed by atoms with Crippen LogP contribution in [0.4, 0.5) is 5.69 Å². The van der Waals surface area contributed by atoms with E-state index in [0.717, 1.165) is 6.42 Å². The number of nitro groups is 1. The van der Waals surface area contributed by atoms with E-state index in [4.69, 9.17) is 16.3 Å². The molecule has 0 atom stereocenters. The normalized spacial score (nSPS) is 11.4. The Labute approximate surface area is 110 Å². The molecular formula is C11H16ClN3O3. The van der Waals surface area contributed by atoms with Crippen LogP contribution >= 0.6 is 11.6 Å². The third-order valence-corrected chi connectivity index (χ3v) is 2.44. The van der Waals surface area contributed by atoms with E-state index in [0.29, 0.717) is 6.61 Å². The second-order valence-electron chi connectivity index (χ2n) is 5.15. The van der Waals surface area contributed by atoms with Gasteiger partial charge in [0.25, 0.3) is 5.88 Å². The summed E-state index contributed by atoms with van der Waals surface area (Å²) in [7, 11) is 0. The van der Waals surface area contributed by atoms with Crippen molar-refractivity contribution in [3.8, 4) is 5.88 Å². The Bertz CT molecular complexity index is 458. The minimum atomic E-state index is -0.557. The molecule has 6 nitrogen and oxygen atoms in total. The van der Waals surface area contributed by atoms with Crippen LogP contribution in [0.2, 0.25) is 5.28 Å². The molecule has 0 unspecified atom stereocenters. The predicted octanol–water partition coefficient (Wildman–Crippen LogP) is 3.16. The Hall–Kier alpha value is -1.43. The number of hydrogen-bond acceptors (Lipinski definition) is 5. The van der Waals surface area contributed by atoms with Crippen molar-refractivity contribution in [3.05, 3.63) is 21.1 Å². The molecular weight excluding hydrogens is 258 g/mol. The highest BCUT2D eigenvalue weighted by Gasteiger charge is 2.23. The van der Waals surface area contributed by atoms with Crippen LogP contribution in [0.5, 0.6) is 5.88 Å². The Balaban J connectivity index is 2.90. The topological polar surface area (TPSA) is 78.2 Å². The maximum atomic E-state index is 10.9. The van der Waals surface area contributed by atoms with Gasteiger partial charge >= 0.3 is 5.69 Å². The molecule has 0 radical (unpaired) electrons. The van der Waals surface area contributed by atoms with Gasteiger partial charge in [-0.05, 0) is 30.4 Å². The number of rotatable bonds is 4. The first-order valence-electron chi connectivity index (χ1n) is 5.52. The van der Waals surface area contributed by atoms with E-state index < -0.39 is 4.92 Å². The van der Waals surface area contributed by atoms with Gasteiger partial charge in [0.05, 0.1) is 11.5 Å². The highest BCUT2D eigenvalue weighted by atomic mass is 35.5. The zero-order valence-corrected chi connectivity index (χ0v) is 11.6. The van der Waals surface area contributed by atoms with Gasteiger partial charge in [-0.15, -0.1) is 0 Å². The summed E-state index contributed by atoms with van der Waals surface area (Å²) < 4.78 is 5.36. The molecule has 0 spiro atoms. The lowest BCUT2D eigenvalue weighted by molar-refractivity contribution is -0.387. The number of ether oxygens (including phenoxy) is 1. The molecule has 0 aliphatic heterocycles. The molecule has 0 aromatic carbocycles. The lowest BCUT2D eigenvalue weighted by atomic mass is 9.93. The maximum absolute atomic E-state index is 10.9. The summed E-state index contributed by atoms with van der Waals surface area (Å²) >= 11 is 5.67. The molecule has 0 saturated carbocycles. The molecule has 100 valence electrons. The van der Waals surface area contributed by atoms with Gasteiger partial charge in [-0.2, -0.15) is 4.98 Å². The summed E-state index contributed by atoms with van der Waals surface area (Å²) in [6.45, 7) is 8.02. The number of hydrogen-bond donors (Lipinski definition) is 0. The molecule has 0 aliphatic carbocycles. The SMILES string of the molecule is Cc1nc(Cl)nc(OCCC(C)(C)C)c1[N+](=O)[O-]. The van der Waals surface area contributed by atoms with Crippen molar-refractivity contribution < 1.29 is 9.66 Å². The molecule has 0 N–H and O–H groups in total. The predicted molar refractivity (Wildman–Crippen MR) is 68.0 cm³/mol. The maximum Gasteiger partial charge on any atom is 0.352 e. The second kappa shape index (κ2) is 5.48. The lowest BCUT2D eigenvalue weighted by Gasteiger charge is -2.17. The van der Waals surface area contributed by atoms with Crippen molar-refractivity contribution >= 4 is 17.3 Å². The minimum absolute atomic E-state index is 0.0520. The zero-order valence-electron chi connectivity index (χ0n) is 10.9. The smallest absolute Gasteiger partial charge is 0.352 e. The average molecular weight is 274 g/mol. The monoisotopic (exact) mass is 273 g/mol. The molecule has 18 heavy (non-hydrogen) atoms. The third kappa shape index (κ3) is 4.10. The molecule has 0 fully saturated rings. The van der Waals surface area contributed by atoms with E-state index in [1.165, 1.54) is 6.92 Å². The molecule has 0 aliphatic rings. The summed E-state index contributed by atoms with van der Waals surface area (Å²) in [6, 6.07) is 0. The molecule has 0 bridgehead atoms. The van der Waals surface area contributed by atoms with Crippen molar-refractivity contribution in [1.82, 2.24) is 9.97 Å². The summed E-state index contributed by atoms with van der Waals surface area (Å²) in [5.41, 5.74) is 0.0553. The first-order chi connectivity index (χ1) is 8.20. The van der Waals surface area contributed by atoms with Crippen LogP contribution in [0.25, 0.3) is 0 Å². The van der Waals surface area contributed by atoms with Gasteiger partial charge in [-0.1, -0.05) is 20.8 Å². The minimum Gasteiger partial charge on any atom is -0.473 e. The van der Waals surface area contributed by atoms with Gasteiger partial charge in [0.2, 0.25) is 5.28 Å². The second-order valence-corrected chi connectivity index (χ2v) is 5.49. The van der Waals surface area contributed by atoms with E-state index in [1.54, 1.807) is 0 Å². The Morgan fingerprint density at radius 3 is 2.50 bits per heavy atom. The van der Waals surface area contributed by atoms with Crippen LogP contribution in [0.3, 0.4) is 0 Å². The van der Waals surface area contributed by atoms with E-state index in [-0.39, 0.29) is 28.0 Å². The summed E-state index contributed by atoms with van der Waals surface area (Å²) in [5.74, 6) is -0.0678. The lowest BCUT2D eigenvalue weighted by Crippen LogP contribution is -2.13. The summed E-state index contributed by atoms with van der Waals surface area (Å²) in [6.07, 6.45) is 0.755. The van der Waals surface area contributed by atoms with Crippen molar-refractivity contribution in [2.24, 2.45) is 5.41 Å². The van der Waals surface area contributed by atoms with Crippen molar-refractivity contribution in [3.63, 3.8) is 0 Å².